The summed E-state index contributed by atoms with van der Waals surface area (Å²) in [6.45, 7) is 0. The van der Waals surface area contributed by atoms with Gasteiger partial charge in [0.1, 0.15) is 16.4 Å². The molecule has 0 bridgehead atoms. The van der Waals surface area contributed by atoms with E-state index in [0.29, 0.717) is 22.6 Å². The van der Waals surface area contributed by atoms with E-state index >= 15 is 0 Å². The zero-order valence-electron chi connectivity index (χ0n) is 21.8. The largest absolute Gasteiger partial charge is 0.456 e. The van der Waals surface area contributed by atoms with E-state index in [0.717, 1.165) is 22.6 Å². The summed E-state index contributed by atoms with van der Waals surface area (Å²) in [6.07, 6.45) is 1.67. The van der Waals surface area contributed by atoms with E-state index in [9.17, 15) is 13.2 Å². The first-order valence-corrected chi connectivity index (χ1v) is 14.6. The third-order valence-corrected chi connectivity index (χ3v) is 9.13. The lowest BCUT2D eigenvalue weighted by atomic mass is 9.97. The van der Waals surface area contributed by atoms with Crippen molar-refractivity contribution in [2.45, 2.75) is 4.90 Å². The van der Waals surface area contributed by atoms with Crippen LogP contribution in [0.15, 0.2) is 149 Å². The van der Waals surface area contributed by atoms with Gasteiger partial charge in [-0.3, -0.25) is 4.79 Å². The normalized spacial score (nSPS) is 16.8. The third-order valence-electron chi connectivity index (χ3n) is 7.25. The van der Waals surface area contributed by atoms with E-state index < -0.39 is 15.6 Å². The molecule has 5 nitrogen and oxygen atoms in total. The van der Waals surface area contributed by atoms with E-state index in [-0.39, 0.29) is 15.4 Å². The number of hydrogen-bond acceptors (Lipinski definition) is 5. The molecule has 0 amide bonds. The minimum atomic E-state index is -4.00. The Balaban J connectivity index is 1.34. The average Bonchev–Trinajstić information content (AvgIpc) is 3.22. The van der Waals surface area contributed by atoms with Crippen molar-refractivity contribution < 1.29 is 17.9 Å². The predicted octanol–water partition coefficient (Wildman–Crippen LogP) is 7.97. The number of benzene rings is 5. The molecule has 0 aliphatic carbocycles. The summed E-state index contributed by atoms with van der Waals surface area (Å²) in [5.74, 6) is 0.452. The maximum Gasteiger partial charge on any atom is 0.211 e. The van der Waals surface area contributed by atoms with Crippen LogP contribution < -0.4 is 9.64 Å². The highest BCUT2D eigenvalue weighted by Gasteiger charge is 2.42. The average molecular weight is 554 g/mol. The summed E-state index contributed by atoms with van der Waals surface area (Å²) >= 11 is 0. The molecule has 7 rings (SSSR count). The van der Waals surface area contributed by atoms with Crippen molar-refractivity contribution in [3.05, 3.63) is 161 Å². The summed E-state index contributed by atoms with van der Waals surface area (Å²) in [5.41, 5.74) is 4.83. The van der Waals surface area contributed by atoms with Gasteiger partial charge in [0.2, 0.25) is 15.6 Å². The number of rotatable bonds is 4. The molecule has 5 aromatic rings. The van der Waals surface area contributed by atoms with Crippen LogP contribution in [0.4, 0.5) is 17.1 Å². The van der Waals surface area contributed by atoms with Gasteiger partial charge in [-0.2, -0.15) is 0 Å². The van der Waals surface area contributed by atoms with Crippen molar-refractivity contribution in [2.24, 2.45) is 0 Å². The van der Waals surface area contributed by atoms with Crippen LogP contribution in [-0.2, 0) is 9.84 Å². The van der Waals surface area contributed by atoms with Gasteiger partial charge in [0.05, 0.1) is 4.90 Å². The van der Waals surface area contributed by atoms with Gasteiger partial charge < -0.3 is 9.64 Å². The minimum absolute atomic E-state index is 0.0395. The second-order valence-electron chi connectivity index (χ2n) is 9.73. The summed E-state index contributed by atoms with van der Waals surface area (Å²) in [5, 5.41) is 0. The number of sulfone groups is 1. The molecular formula is C35H23NO4S. The lowest BCUT2D eigenvalue weighted by Crippen LogP contribution is -2.11. The first kappa shape index (κ1) is 24.8. The smallest absolute Gasteiger partial charge is 0.211 e. The molecule has 0 saturated carbocycles. The number of carbonyl (C=O) groups excluding carboxylic acids is 1. The number of hydrogen-bond donors (Lipinski definition) is 0. The fourth-order valence-electron chi connectivity index (χ4n) is 5.35. The quantitative estimate of drug-likeness (QED) is 0.211. The van der Waals surface area contributed by atoms with E-state index in [2.05, 4.69) is 29.2 Å². The molecule has 41 heavy (non-hydrogen) atoms. The molecule has 6 heteroatoms. The van der Waals surface area contributed by atoms with E-state index in [1.807, 2.05) is 66.7 Å². The minimum Gasteiger partial charge on any atom is -0.456 e. The number of Topliss-reactive ketones (excluding diaryl/α,β-unsaturated/α-hetero) is 1. The highest BCUT2D eigenvalue weighted by molar-refractivity contribution is 7.97. The topological polar surface area (TPSA) is 63.7 Å². The van der Waals surface area contributed by atoms with Crippen molar-refractivity contribution in [3.63, 3.8) is 0 Å². The molecule has 0 aromatic heterocycles. The molecule has 198 valence electrons. The molecule has 0 saturated heterocycles. The Labute approximate surface area is 238 Å². The highest BCUT2D eigenvalue weighted by atomic mass is 32.2. The molecule has 2 heterocycles. The van der Waals surface area contributed by atoms with E-state index in [1.165, 1.54) is 6.07 Å². The van der Waals surface area contributed by atoms with Crippen LogP contribution in [0.3, 0.4) is 0 Å². The van der Waals surface area contributed by atoms with Gasteiger partial charge in [0.25, 0.3) is 0 Å². The van der Waals surface area contributed by atoms with Gasteiger partial charge >= 0.3 is 0 Å². The van der Waals surface area contributed by atoms with Gasteiger partial charge in [-0.15, -0.1) is 0 Å². The number of carbonyl (C=O) groups is 1. The second-order valence-corrected chi connectivity index (χ2v) is 11.6. The van der Waals surface area contributed by atoms with Gasteiger partial charge in [-0.25, -0.2) is 8.42 Å². The molecule has 0 N–H and O–H groups in total. The molecule has 2 aliphatic rings. The molecule has 2 aliphatic heterocycles. The first-order chi connectivity index (χ1) is 20.0. The number of anilines is 3. The Morgan fingerprint density at radius 1 is 0.561 bits per heavy atom. The number of allylic oxidation sites excluding steroid dienone is 3. The van der Waals surface area contributed by atoms with Crippen LogP contribution in [0.1, 0.15) is 21.5 Å². The van der Waals surface area contributed by atoms with Crippen LogP contribution in [-0.4, -0.2) is 14.2 Å². The SMILES string of the molecule is O=C1/C(=C2/C=C(c3ccc(N(c4ccccc4)c4ccccc4)cc3)Oc3ccccc32)S(=O)(=O)c2ccccc21. The van der Waals surface area contributed by atoms with Gasteiger partial charge in [-0.1, -0.05) is 66.7 Å². The lowest BCUT2D eigenvalue weighted by Gasteiger charge is -2.26. The van der Waals surface area contributed by atoms with Crippen molar-refractivity contribution in [1.82, 2.24) is 0 Å². The van der Waals surface area contributed by atoms with Gasteiger partial charge in [0, 0.05) is 39.3 Å². The van der Waals surface area contributed by atoms with Crippen molar-refractivity contribution >= 4 is 44.0 Å². The molecule has 0 unspecified atom stereocenters. The van der Waals surface area contributed by atoms with Crippen molar-refractivity contribution in [3.8, 4) is 5.75 Å². The maximum absolute atomic E-state index is 13.6. The predicted molar refractivity (Wildman–Crippen MR) is 161 cm³/mol. The number of ketones is 1. The first-order valence-electron chi connectivity index (χ1n) is 13.1. The third kappa shape index (κ3) is 4.17. The Morgan fingerprint density at radius 2 is 1.10 bits per heavy atom. The summed E-state index contributed by atoms with van der Waals surface area (Å²) < 4.78 is 33.4. The number of fused-ring (bicyclic) bond motifs is 2. The molecule has 0 spiro atoms. The Morgan fingerprint density at radius 3 is 1.73 bits per heavy atom. The van der Waals surface area contributed by atoms with Gasteiger partial charge in [-0.05, 0) is 72.8 Å². The zero-order valence-corrected chi connectivity index (χ0v) is 22.6. The van der Waals surface area contributed by atoms with Crippen LogP contribution in [0.2, 0.25) is 0 Å². The van der Waals surface area contributed by atoms with Crippen LogP contribution in [0.25, 0.3) is 11.3 Å². The Kier molecular flexibility index (Phi) is 5.91. The Hall–Kier alpha value is -5.20. The molecule has 0 fully saturated rings. The van der Waals surface area contributed by atoms with Crippen molar-refractivity contribution in [2.75, 3.05) is 4.90 Å². The lowest BCUT2D eigenvalue weighted by molar-refractivity contribution is 0.104. The van der Waals surface area contributed by atoms with Crippen molar-refractivity contribution in [1.29, 1.82) is 0 Å². The second kappa shape index (κ2) is 9.77. The van der Waals surface area contributed by atoms with Crippen LogP contribution in [0.5, 0.6) is 5.75 Å². The fourth-order valence-corrected chi connectivity index (χ4v) is 7.09. The summed E-state index contributed by atoms with van der Waals surface area (Å²) in [4.78, 5) is 15.4. The van der Waals surface area contributed by atoms with E-state index in [4.69, 9.17) is 4.74 Å². The van der Waals surface area contributed by atoms with E-state index in [1.54, 1.807) is 42.5 Å². The Bertz CT molecular complexity index is 1940. The maximum atomic E-state index is 13.6. The van der Waals surface area contributed by atoms with Crippen LogP contribution >= 0.6 is 0 Å². The number of para-hydroxylation sites is 3. The molecule has 0 radical (unpaired) electrons. The monoisotopic (exact) mass is 553 g/mol. The standard InChI is InChI=1S/C35H23NO4S/c37-34-29-16-8-10-18-33(29)41(38,39)35(34)30-23-32(40-31-17-9-7-15-28(30)31)24-19-21-27(22-20-24)36(25-11-3-1-4-12-25)26-13-5-2-6-14-26/h1-23H/b35-30+. The fraction of sp³-hybridized carbons (Fsp3) is 0. The molecular weight excluding hydrogens is 530 g/mol. The number of ether oxygens (including phenoxy) is 1. The van der Waals surface area contributed by atoms with Crippen LogP contribution in [0, 0.1) is 0 Å². The molecule has 5 aromatic carbocycles. The summed E-state index contributed by atoms with van der Waals surface area (Å²) in [6, 6.07) is 41.6. The highest BCUT2D eigenvalue weighted by Crippen LogP contribution is 2.45. The number of nitrogens with zero attached hydrogens (tertiary/aromatic N) is 1. The van der Waals surface area contributed by atoms with Gasteiger partial charge in [0.15, 0.2) is 0 Å². The molecule has 0 atom stereocenters. The zero-order chi connectivity index (χ0) is 28.0. The summed E-state index contributed by atoms with van der Waals surface area (Å²) in [7, 11) is -4.00.